The van der Waals surface area contributed by atoms with Crippen LogP contribution in [0.25, 0.3) is 0 Å². The first-order valence-electron chi connectivity index (χ1n) is 11.3. The average molecular weight is 518 g/mol. The van der Waals surface area contributed by atoms with Crippen molar-refractivity contribution in [3.8, 4) is 11.5 Å². The Hall–Kier alpha value is -3.79. The van der Waals surface area contributed by atoms with Crippen molar-refractivity contribution in [3.05, 3.63) is 58.1 Å². The maximum absolute atomic E-state index is 13.4. The molecule has 1 aliphatic heterocycles. The van der Waals surface area contributed by atoms with Crippen molar-refractivity contribution in [1.82, 2.24) is 15.5 Å². The van der Waals surface area contributed by atoms with Crippen LogP contribution in [0.4, 0.5) is 4.79 Å². The zero-order valence-electron chi connectivity index (χ0n) is 20.2. The zero-order valence-corrected chi connectivity index (χ0v) is 20.9. The van der Waals surface area contributed by atoms with Crippen LogP contribution in [0, 0.1) is 5.92 Å². The first kappa shape index (κ1) is 26.8. The normalized spacial score (nSPS) is 16.6. The molecule has 4 amide bonds. The van der Waals surface area contributed by atoms with Gasteiger partial charge in [0.1, 0.15) is 23.6 Å². The Labute approximate surface area is 213 Å². The number of para-hydroxylation sites is 1. The number of benzene rings is 2. The molecule has 0 saturated carbocycles. The summed E-state index contributed by atoms with van der Waals surface area (Å²) < 4.78 is 10.7. The third-order valence-electron chi connectivity index (χ3n) is 5.98. The summed E-state index contributed by atoms with van der Waals surface area (Å²) in [6.45, 7) is 1.39. The molecule has 0 bridgehead atoms. The number of carboxylic acids is 1. The minimum Gasteiger partial charge on any atom is -0.496 e. The van der Waals surface area contributed by atoms with Gasteiger partial charge in [-0.25, -0.2) is 9.59 Å². The van der Waals surface area contributed by atoms with Gasteiger partial charge in [0, 0.05) is 17.1 Å². The van der Waals surface area contributed by atoms with Crippen LogP contribution >= 0.6 is 11.6 Å². The van der Waals surface area contributed by atoms with Gasteiger partial charge in [0.05, 0.1) is 26.2 Å². The number of ether oxygens (including phenoxy) is 2. The summed E-state index contributed by atoms with van der Waals surface area (Å²) in [6.07, 6.45) is 0.570. The second-order valence-electron chi connectivity index (χ2n) is 8.23. The van der Waals surface area contributed by atoms with E-state index in [0.717, 1.165) is 4.90 Å². The van der Waals surface area contributed by atoms with Crippen LogP contribution in [0.3, 0.4) is 0 Å². The predicted molar refractivity (Wildman–Crippen MR) is 131 cm³/mol. The highest BCUT2D eigenvalue weighted by molar-refractivity contribution is 6.30. The Kier molecular flexibility index (Phi) is 8.76. The quantitative estimate of drug-likeness (QED) is 0.490. The molecule has 1 saturated heterocycles. The minimum absolute atomic E-state index is 0.0444. The molecule has 0 spiro atoms. The van der Waals surface area contributed by atoms with Gasteiger partial charge in [-0.05, 0) is 42.7 Å². The topological polar surface area (TPSA) is 134 Å². The number of aromatic carboxylic acids is 1. The van der Waals surface area contributed by atoms with E-state index in [1.54, 1.807) is 37.3 Å². The van der Waals surface area contributed by atoms with Gasteiger partial charge in [-0.2, -0.15) is 0 Å². The molecular weight excluding hydrogens is 490 g/mol. The molecule has 2 atom stereocenters. The Morgan fingerprint density at radius 1 is 1.22 bits per heavy atom. The average Bonchev–Trinajstić information content (AvgIpc) is 3.00. The highest BCUT2D eigenvalue weighted by Gasteiger charge is 2.35. The molecule has 36 heavy (non-hydrogen) atoms. The number of imide groups is 1. The van der Waals surface area contributed by atoms with Crippen molar-refractivity contribution < 1.29 is 33.8 Å². The lowest BCUT2D eigenvalue weighted by Crippen LogP contribution is -2.48. The van der Waals surface area contributed by atoms with Gasteiger partial charge in [-0.15, -0.1) is 0 Å². The second kappa shape index (κ2) is 11.8. The van der Waals surface area contributed by atoms with Gasteiger partial charge in [-0.3, -0.25) is 14.5 Å². The predicted octanol–water partition coefficient (Wildman–Crippen LogP) is 3.03. The van der Waals surface area contributed by atoms with Crippen LogP contribution in [0.1, 0.15) is 40.9 Å². The zero-order chi connectivity index (χ0) is 26.4. The molecule has 2 aromatic carbocycles. The second-order valence-corrected chi connectivity index (χ2v) is 8.67. The van der Waals surface area contributed by atoms with E-state index in [1.165, 1.54) is 20.3 Å². The molecule has 11 heteroatoms. The number of nitrogens with zero attached hydrogens (tertiary/aromatic N) is 1. The number of rotatable bonds is 8. The number of carbonyl (C=O) groups is 4. The molecule has 0 aliphatic carbocycles. The Morgan fingerprint density at radius 3 is 2.61 bits per heavy atom. The lowest BCUT2D eigenvalue weighted by atomic mass is 9.97. The van der Waals surface area contributed by atoms with Gasteiger partial charge in [-0.1, -0.05) is 30.7 Å². The van der Waals surface area contributed by atoms with Gasteiger partial charge < -0.3 is 25.2 Å². The molecule has 1 heterocycles. The first-order valence-corrected chi connectivity index (χ1v) is 11.7. The highest BCUT2D eigenvalue weighted by atomic mass is 35.5. The largest absolute Gasteiger partial charge is 0.496 e. The number of hydrogen-bond acceptors (Lipinski definition) is 6. The van der Waals surface area contributed by atoms with E-state index in [1.807, 2.05) is 0 Å². The summed E-state index contributed by atoms with van der Waals surface area (Å²) in [4.78, 5) is 51.5. The van der Waals surface area contributed by atoms with Crippen molar-refractivity contribution in [2.75, 3.05) is 27.3 Å². The number of amides is 4. The fourth-order valence-electron chi connectivity index (χ4n) is 4.18. The van der Waals surface area contributed by atoms with Crippen LogP contribution in [0.5, 0.6) is 11.5 Å². The van der Waals surface area contributed by atoms with Crippen LogP contribution in [0.2, 0.25) is 5.02 Å². The fourth-order valence-corrected chi connectivity index (χ4v) is 4.37. The van der Waals surface area contributed by atoms with Gasteiger partial charge in [0.15, 0.2) is 0 Å². The molecule has 192 valence electrons. The van der Waals surface area contributed by atoms with Crippen LogP contribution in [-0.2, 0) is 16.0 Å². The van der Waals surface area contributed by atoms with E-state index < -0.39 is 42.3 Å². The van der Waals surface area contributed by atoms with E-state index in [2.05, 4.69) is 10.6 Å². The summed E-state index contributed by atoms with van der Waals surface area (Å²) in [6, 6.07) is 8.19. The molecule has 0 unspecified atom stereocenters. The molecule has 0 radical (unpaired) electrons. The van der Waals surface area contributed by atoms with E-state index in [-0.39, 0.29) is 24.3 Å². The molecule has 2 aromatic rings. The third-order valence-corrected chi connectivity index (χ3v) is 6.21. The van der Waals surface area contributed by atoms with Crippen molar-refractivity contribution in [1.29, 1.82) is 0 Å². The highest BCUT2D eigenvalue weighted by Crippen LogP contribution is 2.31. The Bertz CT molecular complexity index is 1170. The number of carboxylic acid groups (broad SMARTS) is 1. The lowest BCUT2D eigenvalue weighted by molar-refractivity contribution is -0.133. The molecule has 3 N–H and O–H groups in total. The number of carbonyl (C=O) groups excluding carboxylic acids is 3. The maximum Gasteiger partial charge on any atom is 0.339 e. The number of halogens is 1. The lowest BCUT2D eigenvalue weighted by Gasteiger charge is -2.26. The van der Waals surface area contributed by atoms with Crippen molar-refractivity contribution >= 4 is 35.4 Å². The first-order chi connectivity index (χ1) is 17.2. The van der Waals surface area contributed by atoms with Crippen LogP contribution < -0.4 is 20.1 Å². The van der Waals surface area contributed by atoms with Gasteiger partial charge in [0.2, 0.25) is 11.8 Å². The van der Waals surface area contributed by atoms with Gasteiger partial charge >= 0.3 is 12.0 Å². The fraction of sp³-hybridized carbons (Fsp3) is 0.360. The monoisotopic (exact) mass is 517 g/mol. The van der Waals surface area contributed by atoms with E-state index in [9.17, 15) is 24.3 Å². The number of nitrogens with one attached hydrogen (secondary N) is 2. The SMILES string of the molecule is CC[C@@H](NC(=O)N1CC(=O)NC[C@@H](Cc2cc(Cl)ccc2OC)C1=O)c1cccc(C(=O)O)c1OC. The van der Waals surface area contributed by atoms with E-state index in [0.29, 0.717) is 28.3 Å². The minimum atomic E-state index is -1.17. The standard InChI is InChI=1S/C25H28ClN3O7/c1-4-19(17-6-5-7-18(24(32)33)22(17)36-3)28-25(34)29-13-21(30)27-12-15(23(29)31)10-14-11-16(26)8-9-20(14)35-2/h5-9,11,15,19H,4,10,12-13H2,1-3H3,(H,27,30)(H,28,34)(H,32,33)/t15-,19-/m1/s1. The summed E-state index contributed by atoms with van der Waals surface area (Å²) in [5.41, 5.74) is 1.06. The number of methoxy groups -OCH3 is 2. The van der Waals surface area contributed by atoms with E-state index >= 15 is 0 Å². The molecule has 1 aliphatic rings. The molecule has 10 nitrogen and oxygen atoms in total. The smallest absolute Gasteiger partial charge is 0.339 e. The Balaban J connectivity index is 1.86. The molecule has 0 aromatic heterocycles. The molecule has 1 fully saturated rings. The van der Waals surface area contributed by atoms with Crippen molar-refractivity contribution in [2.24, 2.45) is 5.92 Å². The van der Waals surface area contributed by atoms with Crippen LogP contribution in [0.15, 0.2) is 36.4 Å². The number of hydrogen-bond donors (Lipinski definition) is 3. The summed E-state index contributed by atoms with van der Waals surface area (Å²) in [5.74, 6) is -2.27. The number of urea groups is 1. The maximum atomic E-state index is 13.4. The molecule has 3 rings (SSSR count). The van der Waals surface area contributed by atoms with Crippen molar-refractivity contribution in [2.45, 2.75) is 25.8 Å². The van der Waals surface area contributed by atoms with Crippen molar-refractivity contribution in [3.63, 3.8) is 0 Å². The van der Waals surface area contributed by atoms with E-state index in [4.69, 9.17) is 21.1 Å². The Morgan fingerprint density at radius 2 is 1.97 bits per heavy atom. The summed E-state index contributed by atoms with van der Waals surface area (Å²) >= 11 is 6.12. The van der Waals surface area contributed by atoms with Crippen LogP contribution in [-0.4, -0.2) is 61.1 Å². The summed E-state index contributed by atoms with van der Waals surface area (Å²) in [7, 11) is 2.85. The van der Waals surface area contributed by atoms with Gasteiger partial charge in [0.25, 0.3) is 0 Å². The third kappa shape index (κ3) is 5.88. The summed E-state index contributed by atoms with van der Waals surface area (Å²) in [5, 5.41) is 15.4. The molecular formula is C25H28ClN3O7.